The number of benzene rings is 1. The van der Waals surface area contributed by atoms with E-state index in [0.29, 0.717) is 0 Å². The van der Waals surface area contributed by atoms with E-state index in [1.165, 1.54) is 0 Å². The molecule has 3 N–H and O–H groups in total. The molecule has 1 aromatic rings. The largest absolute Gasteiger partial charge is 0.496 e. The third-order valence-electron chi connectivity index (χ3n) is 3.13. The fraction of sp³-hybridized carbons (Fsp3) is 0.571. The van der Waals surface area contributed by atoms with Gasteiger partial charge in [-0.2, -0.15) is 0 Å². The third-order valence-corrected chi connectivity index (χ3v) is 3.13. The number of nitrogens with two attached hydrogens (primary N) is 1. The van der Waals surface area contributed by atoms with Crippen LogP contribution >= 0.6 is 0 Å². The molecule has 0 aromatic heterocycles. The van der Waals surface area contributed by atoms with Crippen LogP contribution in [0.1, 0.15) is 19.4 Å². The Bertz CT molecular complexity index is 351. The van der Waals surface area contributed by atoms with Crippen molar-refractivity contribution in [2.75, 3.05) is 39.0 Å². The van der Waals surface area contributed by atoms with Gasteiger partial charge in [-0.3, -0.25) is 0 Å². The van der Waals surface area contributed by atoms with Gasteiger partial charge in [0.25, 0.3) is 0 Å². The van der Waals surface area contributed by atoms with E-state index in [2.05, 4.69) is 24.1 Å². The summed E-state index contributed by atoms with van der Waals surface area (Å²) in [6.07, 6.45) is 0. The molecule has 1 aromatic carbocycles. The van der Waals surface area contributed by atoms with Crippen molar-refractivity contribution in [2.45, 2.75) is 20.4 Å². The second-order valence-electron chi connectivity index (χ2n) is 4.27. The molecular weight excluding hydrogens is 226 g/mol. The number of nitrogens with zero attached hydrogens (tertiary/aromatic N) is 1. The number of rotatable bonds is 8. The second kappa shape index (κ2) is 7.95. The fourth-order valence-corrected chi connectivity index (χ4v) is 1.91. The van der Waals surface area contributed by atoms with E-state index in [4.69, 9.17) is 10.5 Å². The van der Waals surface area contributed by atoms with Gasteiger partial charge >= 0.3 is 0 Å². The highest BCUT2D eigenvalue weighted by atomic mass is 16.5. The fourth-order valence-electron chi connectivity index (χ4n) is 1.91. The van der Waals surface area contributed by atoms with Crippen molar-refractivity contribution in [1.82, 2.24) is 10.2 Å². The standard InChI is InChI=1S/C14H25N3O/c1-4-17(5-2)9-8-16-11-12-6-7-13(15)10-14(12)18-3/h6-7,10,16H,4-5,8-9,11,15H2,1-3H3. The molecule has 18 heavy (non-hydrogen) atoms. The Hall–Kier alpha value is -1.26. The quantitative estimate of drug-likeness (QED) is 0.545. The predicted octanol–water partition coefficient (Wildman–Crippen LogP) is 1.71. The highest BCUT2D eigenvalue weighted by Crippen LogP contribution is 2.20. The molecule has 0 amide bonds. The number of hydrogen-bond acceptors (Lipinski definition) is 4. The molecule has 102 valence electrons. The van der Waals surface area contributed by atoms with Crippen molar-refractivity contribution in [1.29, 1.82) is 0 Å². The zero-order valence-corrected chi connectivity index (χ0v) is 11.7. The van der Waals surface area contributed by atoms with Gasteiger partial charge in [0.1, 0.15) is 5.75 Å². The molecule has 0 aliphatic heterocycles. The second-order valence-corrected chi connectivity index (χ2v) is 4.27. The Morgan fingerprint density at radius 2 is 2.00 bits per heavy atom. The minimum Gasteiger partial charge on any atom is -0.496 e. The van der Waals surface area contributed by atoms with E-state index in [1.54, 1.807) is 7.11 Å². The van der Waals surface area contributed by atoms with Crippen LogP contribution in [-0.2, 0) is 6.54 Å². The van der Waals surface area contributed by atoms with Crippen LogP contribution < -0.4 is 15.8 Å². The molecular formula is C14H25N3O. The summed E-state index contributed by atoms with van der Waals surface area (Å²) in [5.74, 6) is 0.852. The van der Waals surface area contributed by atoms with Crippen LogP contribution in [0.3, 0.4) is 0 Å². The van der Waals surface area contributed by atoms with Crippen molar-refractivity contribution in [3.05, 3.63) is 23.8 Å². The topological polar surface area (TPSA) is 50.5 Å². The van der Waals surface area contributed by atoms with E-state index in [1.807, 2.05) is 18.2 Å². The van der Waals surface area contributed by atoms with Crippen molar-refractivity contribution < 1.29 is 4.74 Å². The molecule has 0 aliphatic rings. The SMILES string of the molecule is CCN(CC)CCNCc1ccc(N)cc1OC. The van der Waals surface area contributed by atoms with E-state index in [0.717, 1.165) is 49.7 Å². The van der Waals surface area contributed by atoms with Gasteiger partial charge in [0, 0.05) is 37.0 Å². The first-order chi connectivity index (χ1) is 8.71. The third kappa shape index (κ3) is 4.55. The molecule has 0 aliphatic carbocycles. The number of methoxy groups -OCH3 is 1. The molecule has 0 spiro atoms. The van der Waals surface area contributed by atoms with Gasteiger partial charge in [-0.15, -0.1) is 0 Å². The molecule has 0 radical (unpaired) electrons. The van der Waals surface area contributed by atoms with Crippen LogP contribution in [0.2, 0.25) is 0 Å². The average Bonchev–Trinajstić information content (AvgIpc) is 2.40. The zero-order valence-electron chi connectivity index (χ0n) is 11.7. The zero-order chi connectivity index (χ0) is 13.4. The van der Waals surface area contributed by atoms with Gasteiger partial charge in [0.2, 0.25) is 0 Å². The summed E-state index contributed by atoms with van der Waals surface area (Å²) in [6, 6.07) is 5.78. The Morgan fingerprint density at radius 3 is 2.61 bits per heavy atom. The monoisotopic (exact) mass is 251 g/mol. The summed E-state index contributed by atoms with van der Waals surface area (Å²) in [5.41, 5.74) is 7.61. The Balaban J connectivity index is 2.39. The van der Waals surface area contributed by atoms with Gasteiger partial charge in [-0.05, 0) is 19.2 Å². The minimum absolute atomic E-state index is 0.735. The number of nitrogen functional groups attached to an aromatic ring is 1. The number of hydrogen-bond donors (Lipinski definition) is 2. The molecule has 0 saturated carbocycles. The average molecular weight is 251 g/mol. The van der Waals surface area contributed by atoms with Gasteiger partial charge in [0.05, 0.1) is 7.11 Å². The van der Waals surface area contributed by atoms with Crippen LogP contribution in [0.15, 0.2) is 18.2 Å². The smallest absolute Gasteiger partial charge is 0.125 e. The van der Waals surface area contributed by atoms with Crippen LogP contribution in [0.25, 0.3) is 0 Å². The Morgan fingerprint density at radius 1 is 1.28 bits per heavy atom. The van der Waals surface area contributed by atoms with Crippen molar-refractivity contribution in [2.24, 2.45) is 0 Å². The summed E-state index contributed by atoms with van der Waals surface area (Å²) in [7, 11) is 1.67. The van der Waals surface area contributed by atoms with Crippen molar-refractivity contribution >= 4 is 5.69 Å². The van der Waals surface area contributed by atoms with Crippen LogP contribution in [-0.4, -0.2) is 38.2 Å². The Kier molecular flexibility index (Phi) is 6.54. The maximum absolute atomic E-state index is 5.73. The lowest BCUT2D eigenvalue weighted by Gasteiger charge is -2.18. The number of ether oxygens (including phenoxy) is 1. The molecule has 0 heterocycles. The number of anilines is 1. The number of nitrogens with one attached hydrogen (secondary N) is 1. The predicted molar refractivity (Wildman–Crippen MR) is 76.9 cm³/mol. The van der Waals surface area contributed by atoms with Crippen LogP contribution in [0.5, 0.6) is 5.75 Å². The highest BCUT2D eigenvalue weighted by molar-refractivity contribution is 5.48. The summed E-state index contributed by atoms with van der Waals surface area (Å²) >= 11 is 0. The summed E-state index contributed by atoms with van der Waals surface area (Å²) < 4.78 is 5.32. The maximum atomic E-state index is 5.73. The van der Waals surface area contributed by atoms with Crippen LogP contribution in [0.4, 0.5) is 5.69 Å². The van der Waals surface area contributed by atoms with E-state index in [9.17, 15) is 0 Å². The van der Waals surface area contributed by atoms with Crippen LogP contribution in [0, 0.1) is 0 Å². The molecule has 4 nitrogen and oxygen atoms in total. The number of likely N-dealkylation sites (N-methyl/N-ethyl adjacent to an activating group) is 1. The van der Waals surface area contributed by atoms with E-state index < -0.39 is 0 Å². The summed E-state index contributed by atoms with van der Waals surface area (Å²) in [4.78, 5) is 2.40. The lowest BCUT2D eigenvalue weighted by molar-refractivity contribution is 0.302. The molecule has 0 unspecified atom stereocenters. The van der Waals surface area contributed by atoms with Gasteiger partial charge in [-0.25, -0.2) is 0 Å². The summed E-state index contributed by atoms with van der Waals surface area (Å²) in [6.45, 7) is 9.44. The van der Waals surface area contributed by atoms with Crippen molar-refractivity contribution in [3.63, 3.8) is 0 Å². The first kappa shape index (κ1) is 14.8. The lowest BCUT2D eigenvalue weighted by atomic mass is 10.2. The Labute approximate surface area is 110 Å². The molecule has 1 rings (SSSR count). The summed E-state index contributed by atoms with van der Waals surface area (Å²) in [5, 5.41) is 3.43. The van der Waals surface area contributed by atoms with E-state index >= 15 is 0 Å². The van der Waals surface area contributed by atoms with E-state index in [-0.39, 0.29) is 0 Å². The first-order valence-electron chi connectivity index (χ1n) is 6.56. The molecule has 0 saturated heterocycles. The van der Waals surface area contributed by atoms with Gasteiger partial charge in [-0.1, -0.05) is 19.9 Å². The minimum atomic E-state index is 0.735. The lowest BCUT2D eigenvalue weighted by Crippen LogP contribution is -2.31. The molecule has 0 fully saturated rings. The normalized spacial score (nSPS) is 10.9. The van der Waals surface area contributed by atoms with Gasteiger partial charge in [0.15, 0.2) is 0 Å². The molecule has 0 atom stereocenters. The van der Waals surface area contributed by atoms with Crippen molar-refractivity contribution in [3.8, 4) is 5.75 Å². The van der Waals surface area contributed by atoms with Gasteiger partial charge < -0.3 is 20.7 Å². The maximum Gasteiger partial charge on any atom is 0.125 e. The first-order valence-corrected chi connectivity index (χ1v) is 6.56. The molecule has 0 bridgehead atoms. The highest BCUT2D eigenvalue weighted by Gasteiger charge is 2.03. The molecule has 4 heteroatoms.